The molecule has 0 radical (unpaired) electrons. The zero-order valence-corrected chi connectivity index (χ0v) is 14.6. The maximum absolute atomic E-state index is 10.1. The summed E-state index contributed by atoms with van der Waals surface area (Å²) < 4.78 is 0. The molecule has 23 heavy (non-hydrogen) atoms. The van der Waals surface area contributed by atoms with Crippen molar-refractivity contribution in [3.63, 3.8) is 0 Å². The second-order valence-corrected chi connectivity index (χ2v) is 9.66. The second kappa shape index (κ2) is 4.97. The molecule has 0 aromatic rings. The molecule has 4 fully saturated rings. The van der Waals surface area contributed by atoms with Crippen LogP contribution in [0.2, 0.25) is 0 Å². The van der Waals surface area contributed by atoms with Crippen LogP contribution in [0, 0.1) is 40.4 Å². The predicted molar refractivity (Wildman–Crippen MR) is 93.8 cm³/mol. The smallest absolute Gasteiger partial charge is 0.0543 e. The van der Waals surface area contributed by atoms with Gasteiger partial charge in [0.2, 0.25) is 0 Å². The largest absolute Gasteiger partial charge is 0.393 e. The Morgan fingerprint density at radius 1 is 0.913 bits per heavy atom. The number of aliphatic hydroxyl groups excluding tert-OH is 1. The highest BCUT2D eigenvalue weighted by molar-refractivity contribution is 5.26. The molecular weight excluding hydrogens is 280 g/mol. The van der Waals surface area contributed by atoms with Gasteiger partial charge in [-0.2, -0.15) is 0 Å². The van der Waals surface area contributed by atoms with Gasteiger partial charge in [0.1, 0.15) is 0 Å². The molecule has 1 spiro atoms. The summed E-state index contributed by atoms with van der Waals surface area (Å²) in [5.74, 6) is 4.46. The van der Waals surface area contributed by atoms with Crippen molar-refractivity contribution >= 4 is 0 Å². The third-order valence-electron chi connectivity index (χ3n) is 9.15. The Morgan fingerprint density at radius 2 is 1.83 bits per heavy atom. The van der Waals surface area contributed by atoms with Crippen molar-refractivity contribution in [2.45, 2.75) is 70.8 Å². The summed E-state index contributed by atoms with van der Waals surface area (Å²) in [7, 11) is 0. The van der Waals surface area contributed by atoms with Crippen LogP contribution in [0.4, 0.5) is 0 Å². The SMILES string of the molecule is C[C@]12CC[C@@H](O)C[C@@H]1CC[C@@H]1[C@@H]2CC[C@@]23C=CC=C[C@H]2CC[C@@H]13. The monoisotopic (exact) mass is 312 g/mol. The molecule has 1 nitrogen and oxygen atoms in total. The molecule has 5 aliphatic carbocycles. The molecule has 1 N–H and O–H groups in total. The van der Waals surface area contributed by atoms with Gasteiger partial charge in [0, 0.05) is 0 Å². The van der Waals surface area contributed by atoms with Crippen molar-refractivity contribution in [2.24, 2.45) is 40.4 Å². The van der Waals surface area contributed by atoms with Crippen LogP contribution in [0.15, 0.2) is 24.3 Å². The minimum Gasteiger partial charge on any atom is -0.393 e. The molecule has 0 aromatic heterocycles. The summed E-state index contributed by atoms with van der Waals surface area (Å²) in [6, 6.07) is 0. The number of fused-ring (bicyclic) bond motifs is 4. The van der Waals surface area contributed by atoms with E-state index in [1.54, 1.807) is 0 Å². The molecule has 5 rings (SSSR count). The van der Waals surface area contributed by atoms with Gasteiger partial charge in [0.15, 0.2) is 0 Å². The first-order chi connectivity index (χ1) is 11.1. The Morgan fingerprint density at radius 3 is 2.74 bits per heavy atom. The van der Waals surface area contributed by atoms with Gasteiger partial charge >= 0.3 is 0 Å². The van der Waals surface area contributed by atoms with Crippen LogP contribution >= 0.6 is 0 Å². The maximum Gasteiger partial charge on any atom is 0.0543 e. The summed E-state index contributed by atoms with van der Waals surface area (Å²) >= 11 is 0. The molecule has 0 aliphatic heterocycles. The van der Waals surface area contributed by atoms with E-state index in [9.17, 15) is 5.11 Å². The summed E-state index contributed by atoms with van der Waals surface area (Å²) in [5, 5.41) is 10.1. The minimum absolute atomic E-state index is 0.0122. The van der Waals surface area contributed by atoms with Crippen molar-refractivity contribution in [1.29, 1.82) is 0 Å². The molecule has 4 saturated carbocycles. The molecule has 0 bridgehead atoms. The van der Waals surface area contributed by atoms with E-state index in [2.05, 4.69) is 31.2 Å². The highest BCUT2D eigenvalue weighted by Crippen LogP contribution is 2.68. The van der Waals surface area contributed by atoms with Gasteiger partial charge in [0.05, 0.1) is 6.10 Å². The first kappa shape index (κ1) is 14.8. The highest BCUT2D eigenvalue weighted by atomic mass is 16.3. The molecule has 0 heterocycles. The zero-order valence-electron chi connectivity index (χ0n) is 14.6. The van der Waals surface area contributed by atoms with Crippen LogP contribution < -0.4 is 0 Å². The lowest BCUT2D eigenvalue weighted by molar-refractivity contribution is -0.119. The Hall–Kier alpha value is -0.560. The van der Waals surface area contributed by atoms with Gasteiger partial charge in [0.25, 0.3) is 0 Å². The van der Waals surface area contributed by atoms with Crippen LogP contribution in [-0.4, -0.2) is 11.2 Å². The van der Waals surface area contributed by atoms with Gasteiger partial charge in [-0.05, 0) is 98.2 Å². The third kappa shape index (κ3) is 1.89. The number of hydrogen-bond donors (Lipinski definition) is 1. The third-order valence-corrected chi connectivity index (χ3v) is 9.15. The van der Waals surface area contributed by atoms with E-state index in [0.717, 1.165) is 42.4 Å². The zero-order chi connectivity index (χ0) is 15.7. The van der Waals surface area contributed by atoms with E-state index >= 15 is 0 Å². The number of hydrogen-bond acceptors (Lipinski definition) is 1. The maximum atomic E-state index is 10.1. The van der Waals surface area contributed by atoms with Crippen LogP contribution in [0.25, 0.3) is 0 Å². The number of aliphatic hydroxyl groups is 1. The van der Waals surface area contributed by atoms with Crippen molar-refractivity contribution in [3.05, 3.63) is 24.3 Å². The fourth-order valence-electron chi connectivity index (χ4n) is 8.04. The normalized spacial score (nSPS) is 57.3. The number of rotatable bonds is 0. The van der Waals surface area contributed by atoms with E-state index in [-0.39, 0.29) is 6.10 Å². The van der Waals surface area contributed by atoms with Gasteiger partial charge in [-0.3, -0.25) is 0 Å². The average molecular weight is 312 g/mol. The average Bonchev–Trinajstić information content (AvgIpc) is 2.95. The van der Waals surface area contributed by atoms with Crippen molar-refractivity contribution in [1.82, 2.24) is 0 Å². The Labute approximate surface area is 141 Å². The molecule has 8 atom stereocenters. The van der Waals surface area contributed by atoms with E-state index in [4.69, 9.17) is 0 Å². The molecule has 0 amide bonds. The number of allylic oxidation sites excluding steroid dienone is 4. The lowest BCUT2D eigenvalue weighted by atomic mass is 9.44. The summed E-state index contributed by atoms with van der Waals surface area (Å²) in [4.78, 5) is 0. The van der Waals surface area contributed by atoms with E-state index in [1.165, 1.54) is 44.9 Å². The van der Waals surface area contributed by atoms with Gasteiger partial charge in [-0.25, -0.2) is 0 Å². The first-order valence-electron chi connectivity index (χ1n) is 10.2. The first-order valence-corrected chi connectivity index (χ1v) is 10.2. The van der Waals surface area contributed by atoms with E-state index in [1.807, 2.05) is 0 Å². The Bertz CT molecular complexity index is 548. The minimum atomic E-state index is -0.0122. The van der Waals surface area contributed by atoms with Gasteiger partial charge in [-0.1, -0.05) is 31.2 Å². The van der Waals surface area contributed by atoms with E-state index < -0.39 is 0 Å². The standard InChI is InChI=1S/C22H32O/c1-21-12-9-17(23)14-16(21)5-7-18-19(21)10-13-22-11-3-2-4-15(22)6-8-20(18)22/h2-4,11,15-20,23H,5-10,12-14H2,1H3/t15-,16-,17+,18+,19-,20-,21-,22-/m0/s1. The molecule has 0 saturated heterocycles. The quantitative estimate of drug-likeness (QED) is 0.659. The van der Waals surface area contributed by atoms with Crippen molar-refractivity contribution < 1.29 is 5.11 Å². The molecule has 0 unspecified atom stereocenters. The fourth-order valence-corrected chi connectivity index (χ4v) is 8.04. The van der Waals surface area contributed by atoms with Crippen LogP contribution in [0.1, 0.15) is 64.7 Å². The van der Waals surface area contributed by atoms with Crippen LogP contribution in [0.3, 0.4) is 0 Å². The Kier molecular flexibility index (Phi) is 3.19. The van der Waals surface area contributed by atoms with Crippen molar-refractivity contribution in [2.75, 3.05) is 0 Å². The van der Waals surface area contributed by atoms with Crippen molar-refractivity contribution in [3.8, 4) is 0 Å². The fraction of sp³-hybridized carbons (Fsp3) is 0.818. The van der Waals surface area contributed by atoms with Crippen LogP contribution in [0.5, 0.6) is 0 Å². The molecular formula is C22H32O. The Balaban J connectivity index is 1.47. The topological polar surface area (TPSA) is 20.2 Å². The highest BCUT2D eigenvalue weighted by Gasteiger charge is 2.60. The lowest BCUT2D eigenvalue weighted by Crippen LogP contribution is -2.54. The molecule has 5 aliphatic rings. The molecule has 0 aromatic carbocycles. The summed E-state index contributed by atoms with van der Waals surface area (Å²) in [6.07, 6.45) is 21.8. The van der Waals surface area contributed by atoms with Crippen LogP contribution in [-0.2, 0) is 0 Å². The van der Waals surface area contributed by atoms with E-state index in [0.29, 0.717) is 10.8 Å². The molecule has 1 heteroatoms. The second-order valence-electron chi connectivity index (χ2n) is 9.66. The summed E-state index contributed by atoms with van der Waals surface area (Å²) in [6.45, 7) is 2.60. The summed E-state index contributed by atoms with van der Waals surface area (Å²) in [5.41, 5.74) is 1.04. The van der Waals surface area contributed by atoms with Gasteiger partial charge < -0.3 is 5.11 Å². The van der Waals surface area contributed by atoms with Gasteiger partial charge in [-0.15, -0.1) is 0 Å². The predicted octanol–water partition coefficient (Wildman–Crippen LogP) is 5.11. The lowest BCUT2D eigenvalue weighted by Gasteiger charge is -2.61. The molecule has 126 valence electrons.